The van der Waals surface area contributed by atoms with E-state index in [1.54, 1.807) is 0 Å². The molecule has 15 heavy (non-hydrogen) atoms. The third-order valence-corrected chi connectivity index (χ3v) is 1.62. The predicted octanol–water partition coefficient (Wildman–Crippen LogP) is -1.34. The van der Waals surface area contributed by atoms with Gasteiger partial charge in [-0.2, -0.15) is 0 Å². The van der Waals surface area contributed by atoms with Gasteiger partial charge in [0.1, 0.15) is 6.23 Å². The summed E-state index contributed by atoms with van der Waals surface area (Å²) < 4.78 is 15.4. The molecule has 6 nitrogen and oxygen atoms in total. The quantitative estimate of drug-likeness (QED) is 0.295. The van der Waals surface area contributed by atoms with E-state index in [1.807, 2.05) is 0 Å². The van der Waals surface area contributed by atoms with Crippen LogP contribution in [0.5, 0.6) is 0 Å². The van der Waals surface area contributed by atoms with Gasteiger partial charge in [0.25, 0.3) is 0 Å². The van der Waals surface area contributed by atoms with Crippen LogP contribution in [0.2, 0.25) is 0 Å². The van der Waals surface area contributed by atoms with Crippen molar-refractivity contribution in [3.05, 3.63) is 0 Å². The molecule has 0 aliphatic carbocycles. The molecule has 0 bridgehead atoms. The van der Waals surface area contributed by atoms with Gasteiger partial charge in [-0.25, -0.2) is 0 Å². The van der Waals surface area contributed by atoms with Gasteiger partial charge in [-0.05, 0) is 13.0 Å². The minimum Gasteiger partial charge on any atom is -0.394 e. The second kappa shape index (κ2) is 11.8. The summed E-state index contributed by atoms with van der Waals surface area (Å²) >= 11 is 0. The average molecular weight is 222 g/mol. The fourth-order valence-electron chi connectivity index (χ4n) is 0.893. The zero-order valence-corrected chi connectivity index (χ0v) is 9.06. The van der Waals surface area contributed by atoms with E-state index < -0.39 is 0 Å². The Morgan fingerprint density at radius 3 is 2.20 bits per heavy atom. The Morgan fingerprint density at radius 2 is 1.60 bits per heavy atom. The summed E-state index contributed by atoms with van der Waals surface area (Å²) in [5, 5.41) is 8.41. The Kier molecular flexibility index (Phi) is 11.6. The van der Waals surface area contributed by atoms with E-state index in [0.717, 1.165) is 0 Å². The minimum absolute atomic E-state index is 0.0387. The number of rotatable bonds is 11. The van der Waals surface area contributed by atoms with Crippen molar-refractivity contribution in [3.8, 4) is 0 Å². The van der Waals surface area contributed by atoms with Crippen LogP contribution in [0.25, 0.3) is 0 Å². The summed E-state index contributed by atoms with van der Waals surface area (Å²) in [5.74, 6) is 0. The molecule has 1 atom stereocenters. The summed E-state index contributed by atoms with van der Waals surface area (Å²) in [4.78, 5) is 0. The summed E-state index contributed by atoms with van der Waals surface area (Å²) in [6, 6.07) is 0. The standard InChI is InChI=1S/C9H22N2O4/c10-2-1-9(11)15-8-7-14-6-5-13-4-3-12/h9,12H,1-8,10-11H2. The van der Waals surface area contributed by atoms with Gasteiger partial charge in [0, 0.05) is 0 Å². The lowest BCUT2D eigenvalue weighted by molar-refractivity contribution is -0.0141. The Morgan fingerprint density at radius 1 is 1.00 bits per heavy atom. The van der Waals surface area contributed by atoms with E-state index in [0.29, 0.717) is 46.0 Å². The number of ether oxygens (including phenoxy) is 3. The summed E-state index contributed by atoms with van der Waals surface area (Å²) in [5.41, 5.74) is 10.9. The Balaban J connectivity index is 2.98. The van der Waals surface area contributed by atoms with Crippen molar-refractivity contribution >= 4 is 0 Å². The number of hydrogen-bond acceptors (Lipinski definition) is 6. The van der Waals surface area contributed by atoms with Crippen LogP contribution in [0.15, 0.2) is 0 Å². The molecule has 0 amide bonds. The average Bonchev–Trinajstić information content (AvgIpc) is 2.22. The monoisotopic (exact) mass is 222 g/mol. The lowest BCUT2D eigenvalue weighted by atomic mass is 10.4. The van der Waals surface area contributed by atoms with Crippen LogP contribution < -0.4 is 11.5 Å². The highest BCUT2D eigenvalue weighted by atomic mass is 16.5. The first-order chi connectivity index (χ1) is 7.31. The van der Waals surface area contributed by atoms with Crippen LogP contribution in [0.3, 0.4) is 0 Å². The number of aliphatic hydroxyl groups is 1. The molecule has 92 valence electrons. The zero-order valence-electron chi connectivity index (χ0n) is 9.06. The first-order valence-electron chi connectivity index (χ1n) is 5.15. The molecule has 0 heterocycles. The number of nitrogens with two attached hydrogens (primary N) is 2. The molecule has 0 aromatic rings. The van der Waals surface area contributed by atoms with E-state index in [2.05, 4.69) is 0 Å². The highest BCUT2D eigenvalue weighted by molar-refractivity contribution is 4.47. The van der Waals surface area contributed by atoms with Crippen molar-refractivity contribution in [2.45, 2.75) is 12.6 Å². The highest BCUT2D eigenvalue weighted by Crippen LogP contribution is 1.88. The van der Waals surface area contributed by atoms with Gasteiger partial charge in [-0.1, -0.05) is 0 Å². The molecule has 0 aromatic heterocycles. The lowest BCUT2D eigenvalue weighted by Gasteiger charge is -2.11. The van der Waals surface area contributed by atoms with Crippen LogP contribution in [-0.4, -0.2) is 57.5 Å². The van der Waals surface area contributed by atoms with E-state index in [-0.39, 0.29) is 12.8 Å². The second-order valence-corrected chi connectivity index (χ2v) is 2.93. The maximum atomic E-state index is 8.41. The van der Waals surface area contributed by atoms with Crippen LogP contribution in [0.1, 0.15) is 6.42 Å². The van der Waals surface area contributed by atoms with E-state index in [1.165, 1.54) is 0 Å². The van der Waals surface area contributed by atoms with Gasteiger partial charge in [0.05, 0.1) is 39.6 Å². The molecule has 0 rings (SSSR count). The summed E-state index contributed by atoms with van der Waals surface area (Å²) in [7, 11) is 0. The minimum atomic E-state index is -0.302. The SMILES string of the molecule is NCCC(N)OCCOCCOCCO. The van der Waals surface area contributed by atoms with Crippen LogP contribution in [0.4, 0.5) is 0 Å². The van der Waals surface area contributed by atoms with Gasteiger partial charge in [0.15, 0.2) is 0 Å². The fourth-order valence-corrected chi connectivity index (χ4v) is 0.893. The third kappa shape index (κ3) is 11.7. The molecule has 0 spiro atoms. The van der Waals surface area contributed by atoms with Gasteiger partial charge < -0.3 is 30.8 Å². The molecule has 6 heteroatoms. The summed E-state index contributed by atoms with van der Waals surface area (Å²) in [6.45, 7) is 2.84. The van der Waals surface area contributed by atoms with E-state index in [9.17, 15) is 0 Å². The Hall–Kier alpha value is -0.240. The molecule has 0 saturated carbocycles. The molecule has 0 radical (unpaired) electrons. The first-order valence-corrected chi connectivity index (χ1v) is 5.15. The van der Waals surface area contributed by atoms with Gasteiger partial charge >= 0.3 is 0 Å². The molecular weight excluding hydrogens is 200 g/mol. The van der Waals surface area contributed by atoms with Crippen molar-refractivity contribution in [1.82, 2.24) is 0 Å². The van der Waals surface area contributed by atoms with Gasteiger partial charge in [-0.3, -0.25) is 0 Å². The second-order valence-electron chi connectivity index (χ2n) is 2.93. The molecule has 0 aliphatic heterocycles. The van der Waals surface area contributed by atoms with Crippen LogP contribution >= 0.6 is 0 Å². The molecule has 0 fully saturated rings. The largest absolute Gasteiger partial charge is 0.394 e. The maximum absolute atomic E-state index is 8.41. The van der Waals surface area contributed by atoms with Crippen molar-refractivity contribution in [2.24, 2.45) is 11.5 Å². The van der Waals surface area contributed by atoms with Crippen molar-refractivity contribution in [3.63, 3.8) is 0 Å². The molecular formula is C9H22N2O4. The van der Waals surface area contributed by atoms with Crippen LogP contribution in [-0.2, 0) is 14.2 Å². The molecule has 0 aliphatic rings. The molecule has 5 N–H and O–H groups in total. The Bertz CT molecular complexity index is 127. The van der Waals surface area contributed by atoms with Crippen LogP contribution in [0, 0.1) is 0 Å². The molecule has 1 unspecified atom stereocenters. The van der Waals surface area contributed by atoms with E-state index in [4.69, 9.17) is 30.8 Å². The normalized spacial score (nSPS) is 13.0. The Labute approximate surface area is 90.5 Å². The predicted molar refractivity (Wildman–Crippen MR) is 56.3 cm³/mol. The molecule has 0 saturated heterocycles. The molecule has 0 aromatic carbocycles. The van der Waals surface area contributed by atoms with Gasteiger partial charge in [-0.15, -0.1) is 0 Å². The zero-order chi connectivity index (χ0) is 11.4. The van der Waals surface area contributed by atoms with Gasteiger partial charge in [0.2, 0.25) is 0 Å². The first kappa shape index (κ1) is 14.8. The topological polar surface area (TPSA) is 100.0 Å². The third-order valence-electron chi connectivity index (χ3n) is 1.62. The maximum Gasteiger partial charge on any atom is 0.106 e. The number of aliphatic hydroxyl groups excluding tert-OH is 1. The lowest BCUT2D eigenvalue weighted by Crippen LogP contribution is -2.28. The fraction of sp³-hybridized carbons (Fsp3) is 1.00. The van der Waals surface area contributed by atoms with Crippen molar-refractivity contribution in [1.29, 1.82) is 0 Å². The number of hydrogen-bond donors (Lipinski definition) is 3. The van der Waals surface area contributed by atoms with E-state index >= 15 is 0 Å². The van der Waals surface area contributed by atoms with Crippen molar-refractivity contribution < 1.29 is 19.3 Å². The summed E-state index contributed by atoms with van der Waals surface area (Å²) in [6.07, 6.45) is 0.351. The smallest absolute Gasteiger partial charge is 0.106 e. The highest BCUT2D eigenvalue weighted by Gasteiger charge is 1.99. The van der Waals surface area contributed by atoms with Crippen molar-refractivity contribution in [2.75, 3.05) is 46.2 Å².